The number of esters is 3. The summed E-state index contributed by atoms with van der Waals surface area (Å²) in [6, 6.07) is 0. The van der Waals surface area contributed by atoms with Gasteiger partial charge in [0.15, 0.2) is 6.10 Å². The first-order valence-electron chi connectivity index (χ1n) is 28.4. The highest BCUT2D eigenvalue weighted by molar-refractivity contribution is 5.71. The van der Waals surface area contributed by atoms with Gasteiger partial charge in [-0.2, -0.15) is 0 Å². The van der Waals surface area contributed by atoms with Crippen LogP contribution in [-0.2, 0) is 28.6 Å². The molecule has 0 saturated heterocycles. The van der Waals surface area contributed by atoms with E-state index < -0.39 is 6.10 Å². The van der Waals surface area contributed by atoms with Crippen LogP contribution in [0.3, 0.4) is 0 Å². The molecule has 0 aliphatic rings. The Bertz CT molecular complexity index is 949. The predicted octanol–water partition coefficient (Wildman–Crippen LogP) is 18.6. The van der Waals surface area contributed by atoms with E-state index in [1.165, 1.54) is 218 Å². The van der Waals surface area contributed by atoms with Crippen molar-refractivity contribution in [2.75, 3.05) is 13.2 Å². The van der Waals surface area contributed by atoms with Crippen molar-refractivity contribution in [2.45, 2.75) is 329 Å². The van der Waals surface area contributed by atoms with Gasteiger partial charge in [-0.15, -0.1) is 0 Å². The van der Waals surface area contributed by atoms with Gasteiger partial charge in [-0.1, -0.05) is 285 Å². The molecule has 0 saturated carbocycles. The first-order chi connectivity index (χ1) is 30.9. The molecule has 0 radical (unpaired) electrons. The molecule has 374 valence electrons. The summed E-state index contributed by atoms with van der Waals surface area (Å²) in [6.07, 6.45) is 55.1. The maximum absolute atomic E-state index is 12.8. The molecule has 0 spiro atoms. The average Bonchev–Trinajstić information content (AvgIpc) is 3.27. The lowest BCUT2D eigenvalue weighted by atomic mass is 10.0. The highest BCUT2D eigenvalue weighted by Crippen LogP contribution is 2.18. The van der Waals surface area contributed by atoms with Crippen LogP contribution in [0.25, 0.3) is 0 Å². The fourth-order valence-electron chi connectivity index (χ4n) is 8.75. The normalized spacial score (nSPS) is 12.0. The van der Waals surface area contributed by atoms with Crippen LogP contribution in [0.1, 0.15) is 323 Å². The van der Waals surface area contributed by atoms with Crippen LogP contribution in [-0.4, -0.2) is 37.2 Å². The fourth-order valence-corrected chi connectivity index (χ4v) is 8.75. The number of hydrogen-bond acceptors (Lipinski definition) is 6. The Labute approximate surface area is 393 Å². The first kappa shape index (κ1) is 61.4. The molecule has 0 aromatic carbocycles. The minimum absolute atomic E-state index is 0.0619. The smallest absolute Gasteiger partial charge is 0.306 e. The molecule has 6 heteroatoms. The number of carbonyl (C=O) groups is 3. The molecule has 63 heavy (non-hydrogen) atoms. The minimum Gasteiger partial charge on any atom is -0.462 e. The fraction of sp³-hybridized carbons (Fsp3) is 0.947. The second kappa shape index (κ2) is 51.4. The van der Waals surface area contributed by atoms with Gasteiger partial charge < -0.3 is 14.2 Å². The third-order valence-corrected chi connectivity index (χ3v) is 13.0. The highest BCUT2D eigenvalue weighted by Gasteiger charge is 2.19. The molecule has 0 fully saturated rings. The number of rotatable bonds is 52. The predicted molar refractivity (Wildman–Crippen MR) is 270 cm³/mol. The Balaban J connectivity index is 4.27. The Morgan fingerprint density at radius 3 is 0.778 bits per heavy atom. The van der Waals surface area contributed by atoms with E-state index in [9.17, 15) is 14.4 Å². The van der Waals surface area contributed by atoms with Crippen LogP contribution in [0.2, 0.25) is 0 Å². The Kier molecular flexibility index (Phi) is 50.1. The van der Waals surface area contributed by atoms with Gasteiger partial charge in [0.1, 0.15) is 13.2 Å². The lowest BCUT2D eigenvalue weighted by Crippen LogP contribution is -2.30. The maximum atomic E-state index is 12.8. The van der Waals surface area contributed by atoms with Crippen molar-refractivity contribution < 1.29 is 28.6 Å². The molecule has 0 bridgehead atoms. The molecule has 0 heterocycles. The summed E-state index contributed by atoms with van der Waals surface area (Å²) in [5, 5.41) is 0. The number of ether oxygens (including phenoxy) is 3. The van der Waals surface area contributed by atoms with E-state index in [1.54, 1.807) is 0 Å². The molecular formula is C57H110O6. The summed E-state index contributed by atoms with van der Waals surface area (Å²) in [7, 11) is 0. The van der Waals surface area contributed by atoms with E-state index in [-0.39, 0.29) is 31.1 Å². The van der Waals surface area contributed by atoms with Crippen molar-refractivity contribution in [2.24, 2.45) is 5.92 Å². The summed E-state index contributed by atoms with van der Waals surface area (Å²) in [5.74, 6) is 0.0129. The van der Waals surface area contributed by atoms with Gasteiger partial charge in [0, 0.05) is 19.3 Å². The van der Waals surface area contributed by atoms with Crippen LogP contribution in [0.15, 0.2) is 0 Å². The van der Waals surface area contributed by atoms with Gasteiger partial charge in [0.05, 0.1) is 0 Å². The van der Waals surface area contributed by atoms with Gasteiger partial charge in [-0.05, 0) is 25.2 Å². The summed E-state index contributed by atoms with van der Waals surface area (Å²) in [5.41, 5.74) is 0. The Morgan fingerprint density at radius 1 is 0.302 bits per heavy atom. The Hall–Kier alpha value is -1.59. The third kappa shape index (κ3) is 51.3. The van der Waals surface area contributed by atoms with Gasteiger partial charge >= 0.3 is 17.9 Å². The second-order valence-electron chi connectivity index (χ2n) is 20.1. The molecule has 1 atom stereocenters. The largest absolute Gasteiger partial charge is 0.462 e. The van der Waals surface area contributed by atoms with Crippen molar-refractivity contribution in [3.05, 3.63) is 0 Å². The van der Waals surface area contributed by atoms with Crippen molar-refractivity contribution in [3.8, 4) is 0 Å². The molecule has 0 aliphatic heterocycles. The molecule has 0 aliphatic carbocycles. The average molecular weight is 892 g/mol. The lowest BCUT2D eigenvalue weighted by Gasteiger charge is -2.18. The van der Waals surface area contributed by atoms with Crippen LogP contribution >= 0.6 is 0 Å². The van der Waals surface area contributed by atoms with E-state index in [0.717, 1.165) is 63.7 Å². The molecule has 0 unspecified atom stereocenters. The van der Waals surface area contributed by atoms with Crippen molar-refractivity contribution in [1.29, 1.82) is 0 Å². The highest BCUT2D eigenvalue weighted by atomic mass is 16.6. The maximum Gasteiger partial charge on any atom is 0.306 e. The van der Waals surface area contributed by atoms with E-state index in [2.05, 4.69) is 27.7 Å². The molecule has 0 amide bonds. The summed E-state index contributed by atoms with van der Waals surface area (Å²) < 4.78 is 16.9. The second-order valence-corrected chi connectivity index (χ2v) is 20.1. The molecule has 0 rings (SSSR count). The number of carbonyl (C=O) groups excluding carboxylic acids is 3. The van der Waals surface area contributed by atoms with Crippen molar-refractivity contribution in [3.63, 3.8) is 0 Å². The third-order valence-electron chi connectivity index (χ3n) is 13.0. The summed E-state index contributed by atoms with van der Waals surface area (Å²) >= 11 is 0. The minimum atomic E-state index is -0.761. The van der Waals surface area contributed by atoms with Gasteiger partial charge in [-0.25, -0.2) is 0 Å². The summed E-state index contributed by atoms with van der Waals surface area (Å²) in [4.78, 5) is 38.1. The molecule has 0 aromatic heterocycles. The number of unbranched alkanes of at least 4 members (excludes halogenated alkanes) is 39. The monoisotopic (exact) mass is 891 g/mol. The van der Waals surface area contributed by atoms with Crippen LogP contribution in [0.4, 0.5) is 0 Å². The van der Waals surface area contributed by atoms with E-state index in [4.69, 9.17) is 14.2 Å². The zero-order valence-corrected chi connectivity index (χ0v) is 43.0. The molecular weight excluding hydrogens is 781 g/mol. The Morgan fingerprint density at radius 2 is 0.524 bits per heavy atom. The van der Waals surface area contributed by atoms with Gasteiger partial charge in [0.2, 0.25) is 0 Å². The molecule has 6 nitrogen and oxygen atoms in total. The molecule has 0 N–H and O–H groups in total. The van der Waals surface area contributed by atoms with Crippen LogP contribution in [0, 0.1) is 5.92 Å². The lowest BCUT2D eigenvalue weighted by molar-refractivity contribution is -0.167. The van der Waals surface area contributed by atoms with Gasteiger partial charge in [-0.3, -0.25) is 14.4 Å². The SMILES string of the molecule is CCCCCCCCCCCCCCCCC(=O)OC[C@@H](COC(=O)CCCCCCCCCCCCCCCCCC(C)C)OC(=O)CCCCCCCCCCCCCCC. The van der Waals surface area contributed by atoms with E-state index in [0.29, 0.717) is 19.3 Å². The van der Waals surface area contributed by atoms with E-state index in [1.807, 2.05) is 0 Å². The topological polar surface area (TPSA) is 78.9 Å². The number of hydrogen-bond donors (Lipinski definition) is 0. The first-order valence-corrected chi connectivity index (χ1v) is 28.4. The van der Waals surface area contributed by atoms with Crippen LogP contribution < -0.4 is 0 Å². The van der Waals surface area contributed by atoms with Gasteiger partial charge in [0.25, 0.3) is 0 Å². The zero-order chi connectivity index (χ0) is 45.9. The van der Waals surface area contributed by atoms with Crippen molar-refractivity contribution in [1.82, 2.24) is 0 Å². The quantitative estimate of drug-likeness (QED) is 0.0344. The zero-order valence-electron chi connectivity index (χ0n) is 43.0. The van der Waals surface area contributed by atoms with Crippen molar-refractivity contribution >= 4 is 17.9 Å². The van der Waals surface area contributed by atoms with Crippen LogP contribution in [0.5, 0.6) is 0 Å². The summed E-state index contributed by atoms with van der Waals surface area (Å²) in [6.45, 7) is 9.06. The standard InChI is InChI=1S/C57H110O6/c1-5-7-9-11-13-15-17-19-25-28-32-36-40-44-48-55(58)61-51-54(63-57(60)50-46-42-38-34-30-23-18-16-14-12-10-8-6-2)52-62-56(59)49-45-41-37-33-29-26-22-20-21-24-27-31-35-39-43-47-53(3)4/h53-54H,5-52H2,1-4H3/t54-/m0/s1. The van der Waals surface area contributed by atoms with E-state index >= 15 is 0 Å². The molecule has 0 aromatic rings.